The molecule has 1 fully saturated rings. The second-order valence-electron chi connectivity index (χ2n) is 6.87. The number of likely N-dealkylation sites (tertiary alicyclic amines) is 1. The van der Waals surface area contributed by atoms with Gasteiger partial charge in [0.05, 0.1) is 6.61 Å². The normalized spacial score (nSPS) is 17.0. The largest absolute Gasteiger partial charge is 0.494 e. The molecule has 1 unspecified atom stereocenters. The van der Waals surface area contributed by atoms with Gasteiger partial charge in [-0.1, -0.05) is 37.3 Å². The van der Waals surface area contributed by atoms with E-state index in [1.54, 1.807) is 0 Å². The molecule has 1 aliphatic rings. The highest BCUT2D eigenvalue weighted by Gasteiger charge is 2.15. The molecule has 6 heteroatoms. The lowest BCUT2D eigenvalue weighted by molar-refractivity contribution is -0.159. The van der Waals surface area contributed by atoms with Gasteiger partial charge in [-0.3, -0.25) is 0 Å². The van der Waals surface area contributed by atoms with Crippen LogP contribution in [0.3, 0.4) is 0 Å². The zero-order valence-corrected chi connectivity index (χ0v) is 15.6. The first-order valence-electron chi connectivity index (χ1n) is 9.26. The van der Waals surface area contributed by atoms with E-state index in [4.69, 9.17) is 24.5 Å². The van der Waals surface area contributed by atoms with Crippen molar-refractivity contribution in [1.29, 1.82) is 0 Å². The van der Waals surface area contributed by atoms with Crippen molar-refractivity contribution in [3.05, 3.63) is 42.5 Å². The summed E-state index contributed by atoms with van der Waals surface area (Å²) in [4.78, 5) is 20.8. The molecule has 3 rings (SSSR count). The van der Waals surface area contributed by atoms with Gasteiger partial charge in [-0.25, -0.2) is 9.59 Å². The maximum Gasteiger partial charge on any atom is 0.414 e. The summed E-state index contributed by atoms with van der Waals surface area (Å²) < 4.78 is 5.91. The van der Waals surface area contributed by atoms with Gasteiger partial charge in [0.1, 0.15) is 5.75 Å². The predicted octanol–water partition coefficient (Wildman–Crippen LogP) is 3.50. The minimum atomic E-state index is -1.82. The van der Waals surface area contributed by atoms with Crippen LogP contribution in [0.2, 0.25) is 0 Å². The molecule has 2 aromatic carbocycles. The molecular weight excluding hydrogens is 346 g/mol. The Hall–Kier alpha value is -2.60. The minimum absolute atomic E-state index is 0.809. The number of rotatable bonds is 5. The van der Waals surface area contributed by atoms with Crippen LogP contribution in [0.5, 0.6) is 5.75 Å². The van der Waals surface area contributed by atoms with Gasteiger partial charge >= 0.3 is 11.9 Å². The van der Waals surface area contributed by atoms with Crippen LogP contribution in [0.15, 0.2) is 42.5 Å². The highest BCUT2D eigenvalue weighted by Crippen LogP contribution is 2.21. The summed E-state index contributed by atoms with van der Waals surface area (Å²) in [6.07, 6.45) is 3.86. The molecule has 146 valence electrons. The van der Waals surface area contributed by atoms with Crippen LogP contribution in [0.1, 0.15) is 26.2 Å². The molecule has 2 aromatic rings. The van der Waals surface area contributed by atoms with E-state index in [-0.39, 0.29) is 0 Å². The van der Waals surface area contributed by atoms with E-state index in [0.29, 0.717) is 0 Å². The van der Waals surface area contributed by atoms with Gasteiger partial charge in [0, 0.05) is 13.1 Å². The molecule has 0 spiro atoms. The highest BCUT2D eigenvalue weighted by atomic mass is 16.5. The lowest BCUT2D eigenvalue weighted by Gasteiger charge is -2.30. The third kappa shape index (κ3) is 7.27. The van der Waals surface area contributed by atoms with E-state index < -0.39 is 11.9 Å². The van der Waals surface area contributed by atoms with Crippen molar-refractivity contribution in [2.75, 3.05) is 26.2 Å². The van der Waals surface area contributed by atoms with Crippen LogP contribution in [0.25, 0.3) is 10.8 Å². The fourth-order valence-corrected chi connectivity index (χ4v) is 3.23. The Bertz CT molecular complexity index is 749. The maximum absolute atomic E-state index is 9.10. The van der Waals surface area contributed by atoms with Gasteiger partial charge in [0.25, 0.3) is 0 Å². The van der Waals surface area contributed by atoms with Crippen molar-refractivity contribution >= 4 is 22.7 Å². The van der Waals surface area contributed by atoms with Crippen LogP contribution in [-0.2, 0) is 9.59 Å². The molecule has 1 atom stereocenters. The van der Waals surface area contributed by atoms with Crippen LogP contribution < -0.4 is 4.74 Å². The third-order valence-corrected chi connectivity index (χ3v) is 4.53. The topological polar surface area (TPSA) is 87.1 Å². The maximum atomic E-state index is 9.10. The zero-order chi connectivity index (χ0) is 19.6. The number of hydrogen-bond donors (Lipinski definition) is 2. The number of nitrogens with zero attached hydrogens (tertiary/aromatic N) is 1. The third-order valence-electron chi connectivity index (χ3n) is 4.53. The van der Waals surface area contributed by atoms with Crippen LogP contribution in [-0.4, -0.2) is 53.3 Å². The van der Waals surface area contributed by atoms with E-state index in [1.165, 1.54) is 36.7 Å². The van der Waals surface area contributed by atoms with E-state index in [2.05, 4.69) is 54.3 Å². The Morgan fingerprint density at radius 3 is 2.48 bits per heavy atom. The lowest BCUT2D eigenvalue weighted by atomic mass is 10.0. The number of ether oxygens (including phenoxy) is 1. The molecule has 1 heterocycles. The van der Waals surface area contributed by atoms with Crippen molar-refractivity contribution in [1.82, 2.24) is 4.90 Å². The average Bonchev–Trinajstić information content (AvgIpc) is 2.65. The standard InChI is InChI=1S/C19H25NO.C2H2O4/c1-16-6-4-11-20(15-16)12-5-13-21-19-10-9-17-7-2-3-8-18(17)14-19;3-1(4)2(5)6/h2-3,7-10,14,16H,4-6,11-13,15H2,1H3;(H,3,4)(H,5,6). The number of carboxylic acids is 2. The van der Waals surface area contributed by atoms with Gasteiger partial charge < -0.3 is 19.8 Å². The summed E-state index contributed by atoms with van der Waals surface area (Å²) in [5, 5.41) is 17.3. The Morgan fingerprint density at radius 1 is 1.11 bits per heavy atom. The summed E-state index contributed by atoms with van der Waals surface area (Å²) >= 11 is 0. The summed E-state index contributed by atoms with van der Waals surface area (Å²) in [5.41, 5.74) is 0. The summed E-state index contributed by atoms with van der Waals surface area (Å²) in [5.74, 6) is -1.80. The Balaban J connectivity index is 0.000000380. The fourth-order valence-electron chi connectivity index (χ4n) is 3.23. The molecule has 0 radical (unpaired) electrons. The van der Waals surface area contributed by atoms with Gasteiger partial charge in [-0.05, 0) is 54.6 Å². The molecule has 0 amide bonds. The first-order chi connectivity index (χ1) is 13.0. The summed E-state index contributed by atoms with van der Waals surface area (Å²) in [6, 6.07) is 14.8. The number of carbonyl (C=O) groups is 2. The number of carboxylic acid groups (broad SMARTS) is 2. The van der Waals surface area contributed by atoms with E-state index in [9.17, 15) is 0 Å². The number of hydrogen-bond acceptors (Lipinski definition) is 4. The molecule has 0 aromatic heterocycles. The zero-order valence-electron chi connectivity index (χ0n) is 15.6. The van der Waals surface area contributed by atoms with E-state index in [0.717, 1.165) is 31.2 Å². The van der Waals surface area contributed by atoms with Crippen molar-refractivity contribution in [2.45, 2.75) is 26.2 Å². The summed E-state index contributed by atoms with van der Waals surface area (Å²) in [7, 11) is 0. The molecule has 2 N–H and O–H groups in total. The molecule has 27 heavy (non-hydrogen) atoms. The van der Waals surface area contributed by atoms with Crippen molar-refractivity contribution in [2.24, 2.45) is 5.92 Å². The van der Waals surface area contributed by atoms with Gasteiger partial charge in [0.15, 0.2) is 0 Å². The number of piperidine rings is 1. The molecule has 6 nitrogen and oxygen atoms in total. The molecule has 0 saturated carbocycles. The van der Waals surface area contributed by atoms with Crippen LogP contribution in [0.4, 0.5) is 0 Å². The van der Waals surface area contributed by atoms with Crippen molar-refractivity contribution in [3.8, 4) is 5.75 Å². The first-order valence-corrected chi connectivity index (χ1v) is 9.26. The molecule has 0 aliphatic carbocycles. The number of benzene rings is 2. The lowest BCUT2D eigenvalue weighted by Crippen LogP contribution is -2.35. The van der Waals surface area contributed by atoms with Crippen LogP contribution >= 0.6 is 0 Å². The smallest absolute Gasteiger partial charge is 0.414 e. The second kappa shape index (κ2) is 10.5. The van der Waals surface area contributed by atoms with E-state index in [1.807, 2.05) is 0 Å². The second-order valence-corrected chi connectivity index (χ2v) is 6.87. The predicted molar refractivity (Wildman–Crippen MR) is 104 cm³/mol. The Morgan fingerprint density at radius 2 is 1.81 bits per heavy atom. The van der Waals surface area contributed by atoms with Crippen LogP contribution in [0, 0.1) is 5.92 Å². The molecular formula is C21H27NO5. The van der Waals surface area contributed by atoms with Gasteiger partial charge in [-0.2, -0.15) is 0 Å². The fraction of sp³-hybridized carbons (Fsp3) is 0.429. The highest BCUT2D eigenvalue weighted by molar-refractivity contribution is 6.27. The number of aliphatic carboxylic acids is 2. The SMILES string of the molecule is CC1CCCN(CCCOc2ccc3ccccc3c2)C1.O=C(O)C(=O)O. The molecule has 0 bridgehead atoms. The van der Waals surface area contributed by atoms with Gasteiger partial charge in [-0.15, -0.1) is 0 Å². The van der Waals surface area contributed by atoms with Crippen molar-refractivity contribution < 1.29 is 24.5 Å². The minimum Gasteiger partial charge on any atom is -0.494 e. The quantitative estimate of drug-likeness (QED) is 0.616. The monoisotopic (exact) mass is 373 g/mol. The molecule has 1 saturated heterocycles. The number of fused-ring (bicyclic) bond motifs is 1. The Labute approximate surface area is 159 Å². The summed E-state index contributed by atoms with van der Waals surface area (Å²) in [6.45, 7) is 6.86. The van der Waals surface area contributed by atoms with Crippen molar-refractivity contribution in [3.63, 3.8) is 0 Å². The Kier molecular flexibility index (Phi) is 8.07. The average molecular weight is 373 g/mol. The first kappa shape index (κ1) is 20.7. The molecule has 1 aliphatic heterocycles. The van der Waals surface area contributed by atoms with E-state index >= 15 is 0 Å². The van der Waals surface area contributed by atoms with Gasteiger partial charge in [0.2, 0.25) is 0 Å².